The maximum Gasteiger partial charge on any atom is 0.337 e. The number of hydrogen-bond donors (Lipinski definition) is 1. The lowest BCUT2D eigenvalue weighted by Gasteiger charge is -2.27. The van der Waals surface area contributed by atoms with Gasteiger partial charge in [-0.1, -0.05) is 0 Å². The molecular formula is C24H21F2N7O4. The van der Waals surface area contributed by atoms with Gasteiger partial charge >= 0.3 is 5.97 Å². The second-order valence-electron chi connectivity index (χ2n) is 8.78. The molecule has 1 N–H and O–H groups in total. The minimum atomic E-state index is -2.94. The fraction of sp³-hybridized carbons (Fsp3) is 0.292. The maximum absolute atomic E-state index is 13.8. The largest absolute Gasteiger partial charge is 0.465 e. The summed E-state index contributed by atoms with van der Waals surface area (Å²) in [4.78, 5) is 31.6. The van der Waals surface area contributed by atoms with E-state index in [0.29, 0.717) is 29.3 Å². The topological polar surface area (TPSA) is 116 Å². The summed E-state index contributed by atoms with van der Waals surface area (Å²) in [5.41, 5.74) is 0.419. The van der Waals surface area contributed by atoms with Gasteiger partial charge in [0.15, 0.2) is 11.3 Å². The van der Waals surface area contributed by atoms with Crippen LogP contribution in [0.25, 0.3) is 11.3 Å². The van der Waals surface area contributed by atoms with Gasteiger partial charge in [-0.2, -0.15) is 10.2 Å². The Balaban J connectivity index is 1.28. The average molecular weight is 509 g/mol. The van der Waals surface area contributed by atoms with E-state index in [2.05, 4.69) is 30.1 Å². The minimum absolute atomic E-state index is 0.137. The minimum Gasteiger partial charge on any atom is -0.465 e. The summed E-state index contributed by atoms with van der Waals surface area (Å²) < 4.78 is 40.6. The number of nitrogens with zero attached hydrogens (tertiary/aromatic N) is 6. The lowest BCUT2D eigenvalue weighted by Crippen LogP contribution is -2.37. The summed E-state index contributed by atoms with van der Waals surface area (Å²) in [6.07, 6.45) is 2.52. The molecule has 1 amide bonds. The standard InChI is InChI=1S/C24H21F2N7O4/c1-36-24(35)13-2-4-14(5-3-13)33-11-18(20(30-33)21(25)26)28-23(34)17-9-27-32-7-6-19(29-22(17)32)31-10-16-8-15(31)12-37-16/h2-7,9,11,15-16,21H,8,10,12H2,1H3,(H,28,34)/t15-,16-/m1/s1. The molecule has 2 bridgehead atoms. The molecule has 0 aliphatic carbocycles. The highest BCUT2D eigenvalue weighted by molar-refractivity contribution is 6.08. The molecule has 2 saturated heterocycles. The van der Waals surface area contributed by atoms with Crippen LogP contribution in [0.2, 0.25) is 0 Å². The van der Waals surface area contributed by atoms with Gasteiger partial charge in [-0.25, -0.2) is 27.8 Å². The van der Waals surface area contributed by atoms with Gasteiger partial charge in [0.25, 0.3) is 12.3 Å². The van der Waals surface area contributed by atoms with Crippen LogP contribution in [0, 0.1) is 0 Å². The molecule has 2 atom stereocenters. The van der Waals surface area contributed by atoms with Crippen molar-refractivity contribution >= 4 is 29.0 Å². The van der Waals surface area contributed by atoms with Crippen molar-refractivity contribution in [2.75, 3.05) is 30.5 Å². The molecule has 1 aromatic carbocycles. The molecule has 0 radical (unpaired) electrons. The number of hydrogen-bond acceptors (Lipinski definition) is 8. The van der Waals surface area contributed by atoms with Gasteiger partial charge in [0, 0.05) is 12.7 Å². The number of nitrogens with one attached hydrogen (secondary N) is 1. The Labute approximate surface area is 208 Å². The van der Waals surface area contributed by atoms with Crippen LogP contribution in [0.4, 0.5) is 20.3 Å². The molecule has 0 unspecified atom stereocenters. The second kappa shape index (κ2) is 8.92. The zero-order chi connectivity index (χ0) is 25.7. The monoisotopic (exact) mass is 509 g/mol. The Bertz CT molecular complexity index is 1500. The SMILES string of the molecule is COC(=O)c1ccc(-n2cc(NC(=O)c3cnn4ccc(N5C[C@H]6C[C@@H]5CO6)nc34)c(C(F)F)n2)cc1. The van der Waals surface area contributed by atoms with E-state index >= 15 is 0 Å². The Kier molecular flexibility index (Phi) is 5.56. The van der Waals surface area contributed by atoms with Crippen LogP contribution in [0.1, 0.15) is 39.3 Å². The van der Waals surface area contributed by atoms with Gasteiger partial charge in [0.2, 0.25) is 0 Å². The van der Waals surface area contributed by atoms with Crippen LogP contribution >= 0.6 is 0 Å². The molecule has 11 nitrogen and oxygen atoms in total. The zero-order valence-corrected chi connectivity index (χ0v) is 19.5. The molecule has 2 aliphatic rings. The molecular weight excluding hydrogens is 488 g/mol. The van der Waals surface area contributed by atoms with E-state index < -0.39 is 24.0 Å². The summed E-state index contributed by atoms with van der Waals surface area (Å²) in [6, 6.07) is 8.11. The van der Waals surface area contributed by atoms with Crippen molar-refractivity contribution in [1.82, 2.24) is 24.4 Å². The lowest BCUT2D eigenvalue weighted by molar-refractivity contribution is 0.0600. The predicted octanol–water partition coefficient (Wildman–Crippen LogP) is 2.87. The summed E-state index contributed by atoms with van der Waals surface area (Å²) in [7, 11) is 1.26. The van der Waals surface area contributed by atoms with Crippen molar-refractivity contribution in [2.45, 2.75) is 25.0 Å². The summed E-state index contributed by atoms with van der Waals surface area (Å²) >= 11 is 0. The van der Waals surface area contributed by atoms with Gasteiger partial charge in [-0.05, 0) is 36.8 Å². The number of fused-ring (bicyclic) bond motifs is 3. The van der Waals surface area contributed by atoms with E-state index in [1.54, 1.807) is 6.20 Å². The number of carbonyl (C=O) groups is 2. The highest BCUT2D eigenvalue weighted by Gasteiger charge is 2.39. The van der Waals surface area contributed by atoms with Crippen molar-refractivity contribution < 1.29 is 27.8 Å². The number of amides is 1. The van der Waals surface area contributed by atoms with E-state index in [-0.39, 0.29) is 23.4 Å². The van der Waals surface area contributed by atoms with E-state index in [1.807, 2.05) is 6.07 Å². The fourth-order valence-corrected chi connectivity index (χ4v) is 4.69. The number of anilines is 2. The molecule has 4 aromatic rings. The van der Waals surface area contributed by atoms with E-state index in [0.717, 1.165) is 13.0 Å². The van der Waals surface area contributed by atoms with Gasteiger partial charge in [0.05, 0.1) is 55.2 Å². The van der Waals surface area contributed by atoms with Gasteiger partial charge in [-0.15, -0.1) is 0 Å². The van der Waals surface area contributed by atoms with Crippen LogP contribution in [-0.4, -0.2) is 68.7 Å². The Morgan fingerprint density at radius 3 is 2.70 bits per heavy atom. The Morgan fingerprint density at radius 2 is 2.03 bits per heavy atom. The van der Waals surface area contributed by atoms with Gasteiger partial charge in [-0.3, -0.25) is 4.79 Å². The Hall–Kier alpha value is -4.39. The number of esters is 1. The number of morpholine rings is 1. The van der Waals surface area contributed by atoms with Crippen LogP contribution in [-0.2, 0) is 9.47 Å². The number of ether oxygens (including phenoxy) is 2. The van der Waals surface area contributed by atoms with E-state index in [9.17, 15) is 18.4 Å². The second-order valence-corrected chi connectivity index (χ2v) is 8.78. The number of alkyl halides is 2. The van der Waals surface area contributed by atoms with Crippen molar-refractivity contribution in [1.29, 1.82) is 0 Å². The van der Waals surface area contributed by atoms with Crippen molar-refractivity contribution in [3.8, 4) is 5.69 Å². The Morgan fingerprint density at radius 1 is 1.22 bits per heavy atom. The molecule has 3 aromatic heterocycles. The van der Waals surface area contributed by atoms with Crippen molar-refractivity contribution in [3.05, 3.63) is 65.7 Å². The van der Waals surface area contributed by atoms with Crippen LogP contribution in [0.3, 0.4) is 0 Å². The number of carbonyl (C=O) groups excluding carboxylic acids is 2. The zero-order valence-electron chi connectivity index (χ0n) is 19.5. The third-order valence-corrected chi connectivity index (χ3v) is 6.54. The van der Waals surface area contributed by atoms with E-state index in [1.165, 1.54) is 53.0 Å². The van der Waals surface area contributed by atoms with Crippen LogP contribution < -0.4 is 10.2 Å². The summed E-state index contributed by atoms with van der Waals surface area (Å²) in [5.74, 6) is -0.466. The molecule has 0 saturated carbocycles. The van der Waals surface area contributed by atoms with E-state index in [4.69, 9.17) is 4.74 Å². The highest BCUT2D eigenvalue weighted by Crippen LogP contribution is 2.32. The molecule has 0 spiro atoms. The molecule has 2 fully saturated rings. The van der Waals surface area contributed by atoms with Crippen LogP contribution in [0.15, 0.2) is 48.9 Å². The third kappa shape index (κ3) is 4.06. The summed E-state index contributed by atoms with van der Waals surface area (Å²) in [6.45, 7) is 1.36. The fourth-order valence-electron chi connectivity index (χ4n) is 4.69. The number of methoxy groups -OCH3 is 1. The highest BCUT2D eigenvalue weighted by atomic mass is 19.3. The molecule has 190 valence electrons. The van der Waals surface area contributed by atoms with Crippen LogP contribution in [0.5, 0.6) is 0 Å². The summed E-state index contributed by atoms with van der Waals surface area (Å²) in [5, 5.41) is 10.6. The number of benzene rings is 1. The number of aromatic nitrogens is 5. The predicted molar refractivity (Wildman–Crippen MR) is 126 cm³/mol. The molecule has 37 heavy (non-hydrogen) atoms. The van der Waals surface area contributed by atoms with Crippen molar-refractivity contribution in [2.24, 2.45) is 0 Å². The number of halogens is 2. The third-order valence-electron chi connectivity index (χ3n) is 6.54. The molecule has 6 rings (SSSR count). The molecule has 13 heteroatoms. The van der Waals surface area contributed by atoms with Gasteiger partial charge < -0.3 is 19.7 Å². The molecule has 5 heterocycles. The first-order chi connectivity index (χ1) is 17.9. The number of rotatable bonds is 6. The van der Waals surface area contributed by atoms with Crippen molar-refractivity contribution in [3.63, 3.8) is 0 Å². The smallest absolute Gasteiger partial charge is 0.337 e. The quantitative estimate of drug-likeness (QED) is 0.395. The first kappa shape index (κ1) is 23.0. The average Bonchev–Trinajstić information content (AvgIpc) is 3.71. The first-order valence-electron chi connectivity index (χ1n) is 11.5. The lowest BCUT2D eigenvalue weighted by atomic mass is 10.2. The first-order valence-corrected chi connectivity index (χ1v) is 11.5. The molecule has 2 aliphatic heterocycles. The normalized spacial score (nSPS) is 18.6. The maximum atomic E-state index is 13.8. The van der Waals surface area contributed by atoms with Gasteiger partial charge in [0.1, 0.15) is 11.4 Å².